The van der Waals surface area contributed by atoms with E-state index in [-0.39, 0.29) is 17.5 Å². The van der Waals surface area contributed by atoms with Gasteiger partial charge in [0.15, 0.2) is 0 Å². The Kier molecular flexibility index (Phi) is 5.93. The minimum Gasteiger partial charge on any atom is -0.323 e. The molecule has 0 aliphatic rings. The number of carbonyl (C=O) groups excluding carboxylic acids is 1. The van der Waals surface area contributed by atoms with Crippen molar-refractivity contribution in [2.75, 3.05) is 15.8 Å². The molecule has 0 aliphatic heterocycles. The molecular formula is C18H19FN2O3S. The average molecular weight is 362 g/mol. The summed E-state index contributed by atoms with van der Waals surface area (Å²) < 4.78 is 38.5. The van der Waals surface area contributed by atoms with Crippen LogP contribution >= 0.6 is 0 Å². The number of rotatable bonds is 6. The fraction of sp³-hybridized carbons (Fsp3) is 0.167. The second kappa shape index (κ2) is 7.94. The second-order valence-corrected chi connectivity index (χ2v) is 7.42. The number of aryl methyl sites for hydroxylation is 1. The Hall–Kier alpha value is -2.67. The molecule has 0 bridgehead atoms. The summed E-state index contributed by atoms with van der Waals surface area (Å²) in [5, 5.41) is 2.69. The predicted octanol–water partition coefficient (Wildman–Crippen LogP) is 3.55. The number of hydrogen-bond donors (Lipinski definition) is 2. The smallest absolute Gasteiger partial charge is 0.248 e. The van der Waals surface area contributed by atoms with Gasteiger partial charge in [-0.15, -0.1) is 0 Å². The molecule has 2 rings (SSSR count). The van der Waals surface area contributed by atoms with Gasteiger partial charge in [0.25, 0.3) is 0 Å². The lowest BCUT2D eigenvalue weighted by Gasteiger charge is -2.11. The lowest BCUT2D eigenvalue weighted by atomic mass is 10.2. The normalized spacial score (nSPS) is 11.5. The molecule has 0 aromatic heterocycles. The maximum absolute atomic E-state index is 12.8. The van der Waals surface area contributed by atoms with Gasteiger partial charge >= 0.3 is 0 Å². The van der Waals surface area contributed by atoms with Crippen molar-refractivity contribution in [3.8, 4) is 0 Å². The fourth-order valence-electron chi connectivity index (χ4n) is 2.03. The molecule has 2 aromatic rings. The average Bonchev–Trinajstić information content (AvgIpc) is 2.57. The molecule has 2 aromatic carbocycles. The summed E-state index contributed by atoms with van der Waals surface area (Å²) in [7, 11) is -3.35. The van der Waals surface area contributed by atoms with Gasteiger partial charge < -0.3 is 5.32 Å². The highest BCUT2D eigenvalue weighted by molar-refractivity contribution is 7.92. The van der Waals surface area contributed by atoms with Gasteiger partial charge in [-0.3, -0.25) is 9.52 Å². The van der Waals surface area contributed by atoms with Gasteiger partial charge in [0.05, 0.1) is 11.4 Å². The van der Waals surface area contributed by atoms with E-state index in [4.69, 9.17) is 0 Å². The summed E-state index contributed by atoms with van der Waals surface area (Å²) in [4.78, 5) is 11.9. The van der Waals surface area contributed by atoms with Crippen LogP contribution in [0.5, 0.6) is 0 Å². The molecular weight excluding hydrogens is 343 g/mol. The van der Waals surface area contributed by atoms with Crippen molar-refractivity contribution < 1.29 is 17.6 Å². The molecule has 132 valence electrons. The van der Waals surface area contributed by atoms with E-state index in [9.17, 15) is 17.6 Å². The lowest BCUT2D eigenvalue weighted by Crippen LogP contribution is -2.15. The zero-order chi connectivity index (χ0) is 18.4. The number of hydrogen-bond acceptors (Lipinski definition) is 3. The van der Waals surface area contributed by atoms with E-state index >= 15 is 0 Å². The van der Waals surface area contributed by atoms with Crippen molar-refractivity contribution in [3.63, 3.8) is 0 Å². The van der Waals surface area contributed by atoms with Gasteiger partial charge in [0, 0.05) is 11.8 Å². The summed E-state index contributed by atoms with van der Waals surface area (Å²) >= 11 is 0. The maximum atomic E-state index is 12.8. The highest BCUT2D eigenvalue weighted by Crippen LogP contribution is 2.21. The zero-order valence-electron chi connectivity index (χ0n) is 13.9. The molecule has 7 heteroatoms. The summed E-state index contributed by atoms with van der Waals surface area (Å²) in [6, 6.07) is 10.7. The Morgan fingerprint density at radius 1 is 1.16 bits per heavy atom. The zero-order valence-corrected chi connectivity index (χ0v) is 14.7. The Labute approximate surface area is 146 Å². The van der Waals surface area contributed by atoms with E-state index in [0.717, 1.165) is 0 Å². The van der Waals surface area contributed by atoms with Crippen LogP contribution in [0.25, 0.3) is 6.08 Å². The van der Waals surface area contributed by atoms with E-state index < -0.39 is 10.0 Å². The molecule has 0 saturated carbocycles. The van der Waals surface area contributed by atoms with Crippen molar-refractivity contribution in [1.82, 2.24) is 0 Å². The molecule has 25 heavy (non-hydrogen) atoms. The van der Waals surface area contributed by atoms with Crippen molar-refractivity contribution in [3.05, 3.63) is 65.5 Å². The number of sulfonamides is 1. The van der Waals surface area contributed by atoms with E-state index in [2.05, 4.69) is 10.0 Å². The molecule has 0 radical (unpaired) electrons. The van der Waals surface area contributed by atoms with Crippen LogP contribution in [0, 0.1) is 12.7 Å². The molecule has 5 nitrogen and oxygen atoms in total. The van der Waals surface area contributed by atoms with Crippen molar-refractivity contribution in [2.45, 2.75) is 13.8 Å². The van der Waals surface area contributed by atoms with Gasteiger partial charge in [-0.05, 0) is 61.4 Å². The minimum atomic E-state index is -3.35. The first-order valence-electron chi connectivity index (χ1n) is 7.65. The maximum Gasteiger partial charge on any atom is 0.248 e. The quantitative estimate of drug-likeness (QED) is 0.772. The Bertz CT molecular complexity index is 891. The summed E-state index contributed by atoms with van der Waals surface area (Å²) in [5.41, 5.74) is 2.42. The number of nitrogens with one attached hydrogen (secondary N) is 2. The molecule has 1 amide bonds. The molecule has 0 spiro atoms. The van der Waals surface area contributed by atoms with Crippen LogP contribution in [-0.2, 0) is 14.8 Å². The molecule has 0 heterocycles. The van der Waals surface area contributed by atoms with Crippen molar-refractivity contribution in [1.29, 1.82) is 0 Å². The Balaban J connectivity index is 2.03. The summed E-state index contributed by atoms with van der Waals surface area (Å²) in [6.07, 6.45) is 2.92. The Morgan fingerprint density at radius 3 is 2.44 bits per heavy atom. The predicted molar refractivity (Wildman–Crippen MR) is 98.3 cm³/mol. The summed E-state index contributed by atoms with van der Waals surface area (Å²) in [6.45, 7) is 3.30. The third-order valence-corrected chi connectivity index (χ3v) is 4.73. The molecule has 0 fully saturated rings. The van der Waals surface area contributed by atoms with E-state index in [1.807, 2.05) is 0 Å². The highest BCUT2D eigenvalue weighted by Gasteiger charge is 2.09. The van der Waals surface area contributed by atoms with Crippen molar-refractivity contribution in [2.24, 2.45) is 0 Å². The first-order chi connectivity index (χ1) is 11.8. The number of anilines is 2. The SMILES string of the molecule is CCS(=O)(=O)Nc1ccc(NC(=O)C=Cc2ccc(F)cc2)cc1C. The first-order valence-corrected chi connectivity index (χ1v) is 9.30. The third kappa shape index (κ3) is 5.72. The molecule has 2 N–H and O–H groups in total. The third-order valence-electron chi connectivity index (χ3n) is 3.44. The van der Waals surface area contributed by atoms with Crippen molar-refractivity contribution >= 4 is 33.4 Å². The number of halogens is 1. The van der Waals surface area contributed by atoms with Gasteiger partial charge in [-0.25, -0.2) is 12.8 Å². The van der Waals surface area contributed by atoms with Crippen LogP contribution in [0.2, 0.25) is 0 Å². The first kappa shape index (κ1) is 18.7. The standard InChI is InChI=1S/C18H19FN2O3S/c1-3-25(23,24)21-17-10-9-16(12-13(17)2)20-18(22)11-6-14-4-7-15(19)8-5-14/h4-12,21H,3H2,1-2H3,(H,20,22). The largest absolute Gasteiger partial charge is 0.323 e. The number of carbonyl (C=O) groups is 1. The van der Waals surface area contributed by atoms with Gasteiger partial charge in [-0.1, -0.05) is 12.1 Å². The van der Waals surface area contributed by atoms with Crippen LogP contribution in [-0.4, -0.2) is 20.1 Å². The number of amides is 1. The molecule has 0 unspecified atom stereocenters. The lowest BCUT2D eigenvalue weighted by molar-refractivity contribution is -0.111. The topological polar surface area (TPSA) is 75.3 Å². The van der Waals surface area contributed by atoms with Crippen LogP contribution < -0.4 is 10.0 Å². The monoisotopic (exact) mass is 362 g/mol. The fourth-order valence-corrected chi connectivity index (χ4v) is 2.73. The molecule has 0 atom stereocenters. The highest BCUT2D eigenvalue weighted by atomic mass is 32.2. The van der Waals surface area contributed by atoms with E-state index in [1.54, 1.807) is 50.3 Å². The van der Waals surface area contributed by atoms with Gasteiger partial charge in [0.1, 0.15) is 5.82 Å². The van der Waals surface area contributed by atoms with Crippen LogP contribution in [0.3, 0.4) is 0 Å². The molecule has 0 saturated heterocycles. The van der Waals surface area contributed by atoms with Crippen LogP contribution in [0.4, 0.5) is 15.8 Å². The van der Waals surface area contributed by atoms with Crippen LogP contribution in [0.15, 0.2) is 48.5 Å². The summed E-state index contributed by atoms with van der Waals surface area (Å²) in [5.74, 6) is -0.694. The van der Waals surface area contributed by atoms with E-state index in [0.29, 0.717) is 22.5 Å². The van der Waals surface area contributed by atoms with Gasteiger partial charge in [-0.2, -0.15) is 0 Å². The second-order valence-electron chi connectivity index (χ2n) is 5.41. The van der Waals surface area contributed by atoms with Gasteiger partial charge in [0.2, 0.25) is 15.9 Å². The number of benzene rings is 2. The molecule has 0 aliphatic carbocycles. The van der Waals surface area contributed by atoms with E-state index in [1.165, 1.54) is 18.2 Å². The van der Waals surface area contributed by atoms with Crippen LogP contribution in [0.1, 0.15) is 18.1 Å². The minimum absolute atomic E-state index is 0.0148. The Morgan fingerprint density at radius 2 is 1.84 bits per heavy atom.